The number of hydrogen-bond donors (Lipinski definition) is 9. The first-order valence-electron chi connectivity index (χ1n) is 19.5. The van der Waals surface area contributed by atoms with Crippen LogP contribution in [0.3, 0.4) is 0 Å². The summed E-state index contributed by atoms with van der Waals surface area (Å²) in [5, 5.41) is 53.0. The molecule has 20 nitrogen and oxygen atoms in total. The van der Waals surface area contributed by atoms with Gasteiger partial charge in [0.1, 0.15) is 23.4 Å². The Morgan fingerprint density at radius 3 is 1.65 bits per heavy atom. The van der Waals surface area contributed by atoms with E-state index in [4.69, 9.17) is 20.5 Å². The van der Waals surface area contributed by atoms with Crippen LogP contribution in [0.5, 0.6) is 23.0 Å². The van der Waals surface area contributed by atoms with Crippen molar-refractivity contribution < 1.29 is 58.4 Å². The number of aromatic hydroxyl groups is 2. The Morgan fingerprint density at radius 1 is 0.646 bits per heavy atom. The van der Waals surface area contributed by atoms with E-state index in [2.05, 4.69) is 31.6 Å². The number of phenolic OH excluding ortho intramolecular Hbond substituents is 1. The van der Waals surface area contributed by atoms with Gasteiger partial charge in [-0.15, -0.1) is 0 Å². The predicted molar refractivity (Wildman–Crippen MR) is 234 cm³/mol. The Balaban J connectivity index is 1.25. The minimum atomic E-state index is -1.43. The molecule has 0 saturated carbocycles. The smallest absolute Gasteiger partial charge is 0.339 e. The molecule has 0 spiro atoms. The number of amides is 6. The molecule has 334 valence electrons. The molecular formula is C45H42N8O12. The first kappa shape index (κ1) is 47.1. The van der Waals surface area contributed by atoms with Crippen LogP contribution >= 0.6 is 0 Å². The molecule has 0 saturated heterocycles. The summed E-state index contributed by atoms with van der Waals surface area (Å²) in [6.45, 7) is 6.55. The molecule has 1 heterocycles. The van der Waals surface area contributed by atoms with Gasteiger partial charge in [-0.3, -0.25) is 28.8 Å². The molecule has 0 unspecified atom stereocenters. The molecule has 0 aliphatic carbocycles. The lowest BCUT2D eigenvalue weighted by Gasteiger charge is -2.20. The van der Waals surface area contributed by atoms with Crippen LogP contribution in [0.1, 0.15) is 91.6 Å². The highest BCUT2D eigenvalue weighted by Crippen LogP contribution is 2.41. The summed E-state index contributed by atoms with van der Waals surface area (Å²) in [4.78, 5) is 93.2. The van der Waals surface area contributed by atoms with E-state index >= 15 is 0 Å². The Hall–Kier alpha value is -8.99. The normalized spacial score (nSPS) is 11.1. The van der Waals surface area contributed by atoms with Gasteiger partial charge in [-0.25, -0.2) is 9.78 Å². The molecule has 1 aromatic heterocycles. The van der Waals surface area contributed by atoms with Crippen molar-refractivity contribution in [3.63, 3.8) is 0 Å². The second-order valence-electron chi connectivity index (χ2n) is 14.6. The maximum atomic E-state index is 13.4. The number of rotatable bonds is 17. The summed E-state index contributed by atoms with van der Waals surface area (Å²) in [7, 11) is 0. The summed E-state index contributed by atoms with van der Waals surface area (Å²) in [6.07, 6.45) is -0.383. The Morgan fingerprint density at radius 2 is 1.15 bits per heavy atom. The number of anilines is 4. The molecule has 0 bridgehead atoms. The highest BCUT2D eigenvalue weighted by Gasteiger charge is 2.27. The summed E-state index contributed by atoms with van der Waals surface area (Å²) in [5.74, 6) is -7.91. The number of benzene rings is 4. The molecule has 0 aliphatic heterocycles. The predicted octanol–water partition coefficient (Wildman–Crippen LogP) is 5.01. The maximum Gasteiger partial charge on any atom is 0.339 e. The molecule has 65 heavy (non-hydrogen) atoms. The third kappa shape index (κ3) is 12.1. The molecule has 1 atom stereocenters. The van der Waals surface area contributed by atoms with E-state index in [9.17, 15) is 48.9 Å². The van der Waals surface area contributed by atoms with Gasteiger partial charge in [-0.1, -0.05) is 0 Å². The first-order chi connectivity index (χ1) is 30.8. The highest BCUT2D eigenvalue weighted by atomic mass is 16.5. The summed E-state index contributed by atoms with van der Waals surface area (Å²) in [5.41, 5.74) is 5.50. The number of nitriles is 1. The van der Waals surface area contributed by atoms with E-state index in [1.807, 2.05) is 6.07 Å². The van der Waals surface area contributed by atoms with Gasteiger partial charge in [0.15, 0.2) is 23.0 Å². The van der Waals surface area contributed by atoms with Gasteiger partial charge in [0.05, 0.1) is 41.1 Å². The van der Waals surface area contributed by atoms with Crippen molar-refractivity contribution in [3.05, 3.63) is 125 Å². The molecular weight excluding hydrogens is 845 g/mol. The number of carbonyl (C=O) groups excluding carboxylic acids is 6. The van der Waals surface area contributed by atoms with Crippen molar-refractivity contribution in [1.82, 2.24) is 10.3 Å². The number of nitrogens with two attached hydrogens (primary N) is 1. The average molecular weight is 887 g/mol. The van der Waals surface area contributed by atoms with Gasteiger partial charge >= 0.3 is 5.97 Å². The van der Waals surface area contributed by atoms with E-state index < -0.39 is 83.1 Å². The largest absolute Gasteiger partial charge is 0.504 e. The Kier molecular flexibility index (Phi) is 15.0. The fourth-order valence-electron chi connectivity index (χ4n) is 5.87. The lowest BCUT2D eigenvalue weighted by atomic mass is 10.1. The van der Waals surface area contributed by atoms with Crippen LogP contribution in [0, 0.1) is 11.3 Å². The van der Waals surface area contributed by atoms with Gasteiger partial charge in [-0.05, 0) is 113 Å². The third-order valence-electron chi connectivity index (χ3n) is 8.91. The zero-order valence-electron chi connectivity index (χ0n) is 35.1. The van der Waals surface area contributed by atoms with Crippen molar-refractivity contribution in [2.24, 2.45) is 5.73 Å². The van der Waals surface area contributed by atoms with Crippen LogP contribution < -0.4 is 41.8 Å². The number of nitrogens with zero attached hydrogens (tertiary/aromatic N) is 2. The van der Waals surface area contributed by atoms with Crippen LogP contribution in [0.2, 0.25) is 0 Å². The maximum absolute atomic E-state index is 13.4. The lowest BCUT2D eigenvalue weighted by Crippen LogP contribution is -2.46. The Bertz CT molecular complexity index is 2700. The zero-order chi connectivity index (χ0) is 47.5. The van der Waals surface area contributed by atoms with E-state index in [0.29, 0.717) is 5.69 Å². The SMILES string of the molecule is CC(C)Oc1c(NC(=O)c2ccc(NC(=O)c3ccc(NC(=O)[C@H](CC(N)=O)NC(=O)c4ccc(NC(=O)c5ccc(C#N)cn5)cc4)cc3)c(OC(C)C)c2O)ccc(C(=O)O)c1O. The second-order valence-corrected chi connectivity index (χ2v) is 14.6. The fraction of sp³-hybridized carbons (Fsp3) is 0.178. The minimum Gasteiger partial charge on any atom is -0.504 e. The summed E-state index contributed by atoms with van der Waals surface area (Å²) >= 11 is 0. The number of aromatic nitrogens is 1. The zero-order valence-corrected chi connectivity index (χ0v) is 35.1. The Labute approximate surface area is 370 Å². The quantitative estimate of drug-likeness (QED) is 0.0593. The number of primary amides is 1. The van der Waals surface area contributed by atoms with Gasteiger partial charge in [0.25, 0.3) is 23.6 Å². The van der Waals surface area contributed by atoms with E-state index in [1.165, 1.54) is 85.1 Å². The second kappa shape index (κ2) is 20.7. The van der Waals surface area contributed by atoms with Crippen LogP contribution in [0.15, 0.2) is 91.1 Å². The number of carboxylic acid groups (broad SMARTS) is 1. The highest BCUT2D eigenvalue weighted by molar-refractivity contribution is 6.11. The standard InChI is InChI=1S/C45H42N8O12/c1-22(2)64-38-31(17-14-29(36(38)55)42(59)52-32-18-15-30(45(62)63)37(56)39(32)65-23(3)4)51-40(57)25-6-12-28(13-7-25)50-44(61)34(19-35(47)54)53-41(58)26-8-10-27(11-9-26)49-43(60)33-16-5-24(20-46)21-48-33/h5-18,21-23,34,55-56H,19H2,1-4H3,(H2,47,54)(H,49,60)(H,50,61)(H,51,57)(H,52,59)(H,53,58)(H,62,63)/t34-/m0/s1. The number of aromatic carboxylic acids is 1. The van der Waals surface area contributed by atoms with Crippen LogP contribution in [0.4, 0.5) is 22.7 Å². The molecule has 4 aromatic carbocycles. The van der Waals surface area contributed by atoms with Crippen molar-refractivity contribution in [2.75, 3.05) is 21.3 Å². The van der Waals surface area contributed by atoms with Crippen LogP contribution in [-0.4, -0.2) is 80.0 Å². The number of phenols is 2. The lowest BCUT2D eigenvalue weighted by molar-refractivity contribution is -0.123. The third-order valence-corrected chi connectivity index (χ3v) is 8.91. The molecule has 0 radical (unpaired) electrons. The van der Waals surface area contributed by atoms with Crippen LogP contribution in [0.25, 0.3) is 0 Å². The van der Waals surface area contributed by atoms with Crippen molar-refractivity contribution in [2.45, 2.75) is 52.4 Å². The van der Waals surface area contributed by atoms with Crippen molar-refractivity contribution in [1.29, 1.82) is 5.26 Å². The van der Waals surface area contributed by atoms with Gasteiger partial charge in [0.2, 0.25) is 11.8 Å². The van der Waals surface area contributed by atoms with E-state index in [-0.39, 0.29) is 56.5 Å². The van der Waals surface area contributed by atoms with E-state index in [0.717, 1.165) is 6.07 Å². The minimum absolute atomic E-state index is 0.0211. The number of carboxylic acids is 1. The average Bonchev–Trinajstić information content (AvgIpc) is 3.25. The van der Waals surface area contributed by atoms with Gasteiger partial charge in [0, 0.05) is 28.7 Å². The molecule has 10 N–H and O–H groups in total. The topological polar surface area (TPSA) is 321 Å². The van der Waals surface area contributed by atoms with Crippen molar-refractivity contribution >= 4 is 64.2 Å². The van der Waals surface area contributed by atoms with E-state index in [1.54, 1.807) is 27.7 Å². The molecule has 0 aliphatic rings. The van der Waals surface area contributed by atoms with Crippen molar-refractivity contribution in [3.8, 4) is 29.1 Å². The monoisotopic (exact) mass is 886 g/mol. The van der Waals surface area contributed by atoms with Crippen LogP contribution in [-0.2, 0) is 9.59 Å². The summed E-state index contributed by atoms with van der Waals surface area (Å²) < 4.78 is 11.4. The number of pyridine rings is 1. The number of carbonyl (C=O) groups is 7. The number of nitrogens with one attached hydrogen (secondary N) is 5. The summed E-state index contributed by atoms with van der Waals surface area (Å²) in [6, 6.07) is 19.2. The fourth-order valence-corrected chi connectivity index (χ4v) is 5.87. The molecule has 5 aromatic rings. The van der Waals surface area contributed by atoms with Gasteiger partial charge < -0.3 is 57.1 Å². The first-order valence-corrected chi connectivity index (χ1v) is 19.5. The molecule has 20 heteroatoms. The number of ether oxygens (including phenoxy) is 2. The number of hydrogen-bond acceptors (Lipinski definition) is 13. The molecule has 6 amide bonds. The molecule has 0 fully saturated rings. The molecule has 5 rings (SSSR count). The van der Waals surface area contributed by atoms with Gasteiger partial charge in [-0.2, -0.15) is 5.26 Å².